The molecule has 43 heavy (non-hydrogen) atoms. The van der Waals surface area contributed by atoms with E-state index in [0.717, 1.165) is 17.7 Å². The van der Waals surface area contributed by atoms with Crippen molar-refractivity contribution in [2.75, 3.05) is 5.32 Å². The molecule has 0 aliphatic rings. The molecule has 0 spiro atoms. The fourth-order valence-corrected chi connectivity index (χ4v) is 4.08. The van der Waals surface area contributed by atoms with Crippen LogP contribution < -0.4 is 15.4 Å². The van der Waals surface area contributed by atoms with Crippen LogP contribution in [0, 0.1) is 6.92 Å². The number of aromatic nitrogens is 1. The summed E-state index contributed by atoms with van der Waals surface area (Å²) in [5, 5.41) is 18.6. The number of carboxylic acids is 1. The van der Waals surface area contributed by atoms with Gasteiger partial charge in [0.25, 0.3) is 5.91 Å². The molecule has 4 aromatic rings. The number of aliphatic carboxylic acids is 1. The number of anilines is 1. The van der Waals surface area contributed by atoms with Crippen LogP contribution in [-0.2, 0) is 16.0 Å². The summed E-state index contributed by atoms with van der Waals surface area (Å²) in [4.78, 5) is 37.2. The van der Waals surface area contributed by atoms with Gasteiger partial charge in [0, 0.05) is 17.5 Å². The van der Waals surface area contributed by atoms with Gasteiger partial charge in [-0.3, -0.25) is 10.1 Å². The molecular formula is C30H26F3N3O7. The molecule has 0 aliphatic heterocycles. The monoisotopic (exact) mass is 597 g/mol. The van der Waals surface area contributed by atoms with Crippen molar-refractivity contribution in [1.29, 1.82) is 0 Å². The normalized spacial score (nSPS) is 12.6. The number of amides is 2. The second kappa shape index (κ2) is 13.1. The Labute approximate surface area is 243 Å². The third-order valence-electron chi connectivity index (χ3n) is 6.25. The van der Waals surface area contributed by atoms with Crippen LogP contribution in [0.3, 0.4) is 0 Å². The van der Waals surface area contributed by atoms with Crippen molar-refractivity contribution >= 4 is 23.7 Å². The van der Waals surface area contributed by atoms with Gasteiger partial charge >= 0.3 is 18.4 Å². The maximum absolute atomic E-state index is 12.8. The van der Waals surface area contributed by atoms with Crippen LogP contribution in [0.15, 0.2) is 83.4 Å². The highest BCUT2D eigenvalue weighted by atomic mass is 19.4. The van der Waals surface area contributed by atoms with E-state index in [9.17, 15) is 32.7 Å². The number of ether oxygens (including phenoxy) is 2. The zero-order valence-electron chi connectivity index (χ0n) is 22.8. The number of nitrogens with one attached hydrogen (secondary N) is 2. The number of carboxylic acid groups (broad SMARTS) is 1. The van der Waals surface area contributed by atoms with E-state index in [4.69, 9.17) is 9.26 Å². The molecule has 2 atom stereocenters. The van der Waals surface area contributed by atoms with Gasteiger partial charge in [0.1, 0.15) is 29.3 Å². The van der Waals surface area contributed by atoms with E-state index in [1.165, 1.54) is 36.4 Å². The summed E-state index contributed by atoms with van der Waals surface area (Å²) in [6.45, 7) is 3.37. The Hall–Kier alpha value is -5.33. The fraction of sp³-hybridized carbons (Fsp3) is 0.200. The minimum Gasteiger partial charge on any atom is -0.480 e. The molecule has 224 valence electrons. The Morgan fingerprint density at radius 3 is 2.23 bits per heavy atom. The summed E-state index contributed by atoms with van der Waals surface area (Å²) in [5.41, 5.74) is 2.45. The number of hydrogen-bond donors (Lipinski definition) is 3. The van der Waals surface area contributed by atoms with E-state index in [1.807, 2.05) is 30.3 Å². The summed E-state index contributed by atoms with van der Waals surface area (Å²) < 4.78 is 51.8. The van der Waals surface area contributed by atoms with E-state index < -0.39 is 42.2 Å². The van der Waals surface area contributed by atoms with E-state index in [-0.39, 0.29) is 23.4 Å². The van der Waals surface area contributed by atoms with Gasteiger partial charge in [-0.2, -0.15) is 0 Å². The molecule has 3 N–H and O–H groups in total. The SMILES string of the molecule is Cc1noc(-c2ccc(C(=O)NC(Cc3ccc(OC(F)(F)F)cc3)C(=O)O)cc2)c1NC(=O)OC(C)c1ccccc1. The lowest BCUT2D eigenvalue weighted by Gasteiger charge is -2.15. The molecule has 0 fully saturated rings. The topological polar surface area (TPSA) is 140 Å². The zero-order chi connectivity index (χ0) is 31.1. The Balaban J connectivity index is 1.40. The standard InChI is InChI=1S/C30H26F3N3O7/c1-17-25(35-29(40)41-18(2)20-6-4-3-5-7-20)26(43-36-17)21-10-12-22(13-11-21)27(37)34-24(28(38)39)16-19-8-14-23(15-9-19)42-30(31,32)33/h3-15,18,24H,16H2,1-2H3,(H,34,37)(H,35,40)(H,38,39). The van der Waals surface area contributed by atoms with Crippen LogP contribution in [0.1, 0.15) is 40.2 Å². The van der Waals surface area contributed by atoms with Crippen molar-refractivity contribution in [2.24, 2.45) is 0 Å². The summed E-state index contributed by atoms with van der Waals surface area (Å²) >= 11 is 0. The number of carbonyl (C=O) groups excluding carboxylic acids is 2. The van der Waals surface area contributed by atoms with Crippen LogP contribution in [0.5, 0.6) is 5.75 Å². The van der Waals surface area contributed by atoms with Gasteiger partial charge in [0.2, 0.25) is 0 Å². The molecule has 2 amide bonds. The highest BCUT2D eigenvalue weighted by Gasteiger charge is 2.31. The fourth-order valence-electron chi connectivity index (χ4n) is 4.08. The number of benzene rings is 3. The summed E-state index contributed by atoms with van der Waals surface area (Å²) in [6.07, 6.45) is -6.27. The molecule has 2 unspecified atom stereocenters. The number of rotatable bonds is 10. The first kappa shape index (κ1) is 30.6. The van der Waals surface area contributed by atoms with E-state index in [0.29, 0.717) is 16.8 Å². The van der Waals surface area contributed by atoms with Gasteiger partial charge in [0.15, 0.2) is 5.76 Å². The van der Waals surface area contributed by atoms with E-state index >= 15 is 0 Å². The molecular weight excluding hydrogens is 571 g/mol. The molecule has 0 saturated carbocycles. The second-order valence-corrected chi connectivity index (χ2v) is 9.39. The lowest BCUT2D eigenvalue weighted by molar-refractivity contribution is -0.274. The number of halogens is 3. The van der Waals surface area contributed by atoms with Crippen molar-refractivity contribution in [1.82, 2.24) is 10.5 Å². The molecule has 4 rings (SSSR count). The smallest absolute Gasteiger partial charge is 0.480 e. The first-order valence-corrected chi connectivity index (χ1v) is 12.9. The van der Waals surface area contributed by atoms with Gasteiger partial charge in [-0.25, -0.2) is 9.59 Å². The molecule has 0 saturated heterocycles. The summed E-state index contributed by atoms with van der Waals surface area (Å²) in [5.74, 6) is -2.26. The van der Waals surface area contributed by atoms with Crippen molar-refractivity contribution in [3.8, 4) is 17.1 Å². The van der Waals surface area contributed by atoms with Gasteiger partial charge in [-0.15, -0.1) is 13.2 Å². The Morgan fingerprint density at radius 1 is 0.977 bits per heavy atom. The minimum atomic E-state index is -4.86. The van der Waals surface area contributed by atoms with Gasteiger partial charge in [0.05, 0.1) is 0 Å². The minimum absolute atomic E-state index is 0.130. The number of aryl methyl sites for hydroxylation is 1. The third kappa shape index (κ3) is 8.35. The summed E-state index contributed by atoms with van der Waals surface area (Å²) in [7, 11) is 0. The molecule has 0 radical (unpaired) electrons. The van der Waals surface area contributed by atoms with Gasteiger partial charge in [-0.1, -0.05) is 59.8 Å². The molecule has 0 bridgehead atoms. The predicted molar refractivity (Wildman–Crippen MR) is 147 cm³/mol. The number of alkyl halides is 3. The van der Waals surface area contributed by atoms with Crippen molar-refractivity contribution in [3.05, 3.63) is 101 Å². The van der Waals surface area contributed by atoms with Crippen LogP contribution >= 0.6 is 0 Å². The maximum atomic E-state index is 12.8. The molecule has 10 nitrogen and oxygen atoms in total. The Morgan fingerprint density at radius 2 is 1.63 bits per heavy atom. The quantitative estimate of drug-likeness (QED) is 0.194. The third-order valence-corrected chi connectivity index (χ3v) is 6.25. The second-order valence-electron chi connectivity index (χ2n) is 9.39. The first-order valence-electron chi connectivity index (χ1n) is 12.9. The molecule has 0 aliphatic carbocycles. The van der Waals surface area contributed by atoms with E-state index in [1.54, 1.807) is 13.8 Å². The zero-order valence-corrected chi connectivity index (χ0v) is 22.8. The number of nitrogens with zero attached hydrogens (tertiary/aromatic N) is 1. The Kier molecular flexibility index (Phi) is 9.33. The van der Waals surface area contributed by atoms with Crippen molar-refractivity contribution in [3.63, 3.8) is 0 Å². The lowest BCUT2D eigenvalue weighted by Crippen LogP contribution is -2.42. The van der Waals surface area contributed by atoms with Gasteiger partial charge < -0.3 is 24.4 Å². The van der Waals surface area contributed by atoms with Crippen molar-refractivity contribution in [2.45, 2.75) is 38.8 Å². The predicted octanol–water partition coefficient (Wildman–Crippen LogP) is 6.28. The molecule has 1 aromatic heterocycles. The van der Waals surface area contributed by atoms with Crippen molar-refractivity contribution < 1.29 is 46.7 Å². The maximum Gasteiger partial charge on any atom is 0.573 e. The largest absolute Gasteiger partial charge is 0.573 e. The number of hydrogen-bond acceptors (Lipinski definition) is 7. The first-order chi connectivity index (χ1) is 20.4. The number of carbonyl (C=O) groups is 3. The highest BCUT2D eigenvalue weighted by molar-refractivity contribution is 5.97. The van der Waals surface area contributed by atoms with Crippen LogP contribution in [0.2, 0.25) is 0 Å². The van der Waals surface area contributed by atoms with E-state index in [2.05, 4.69) is 20.5 Å². The van der Waals surface area contributed by atoms with Crippen LogP contribution in [0.25, 0.3) is 11.3 Å². The molecule has 3 aromatic carbocycles. The summed E-state index contributed by atoms with van der Waals surface area (Å²) in [6, 6.07) is 18.4. The molecule has 13 heteroatoms. The molecule has 1 heterocycles. The average molecular weight is 598 g/mol. The van der Waals surface area contributed by atoms with Crippen LogP contribution in [0.4, 0.5) is 23.7 Å². The highest BCUT2D eigenvalue weighted by Crippen LogP contribution is 2.32. The Bertz CT molecular complexity index is 1570. The lowest BCUT2D eigenvalue weighted by atomic mass is 10.0. The average Bonchev–Trinajstić information content (AvgIpc) is 3.32. The van der Waals surface area contributed by atoms with Gasteiger partial charge in [-0.05, 0) is 49.2 Å². The van der Waals surface area contributed by atoms with Crippen LogP contribution in [-0.4, -0.2) is 40.6 Å².